The molecule has 2 aromatic rings. The van der Waals surface area contributed by atoms with E-state index in [2.05, 4.69) is 31.8 Å². The van der Waals surface area contributed by atoms with Crippen LogP contribution >= 0.6 is 0 Å². The molecule has 0 bridgehead atoms. The fraction of sp³-hybridized carbons (Fsp3) is 0.318. The predicted octanol–water partition coefficient (Wildman–Crippen LogP) is 4.62. The molecule has 2 aromatic carbocycles. The van der Waals surface area contributed by atoms with Crippen LogP contribution in [0.5, 0.6) is 0 Å². The number of carbonyl (C=O) groups excluding carboxylic acids is 1. The molecule has 0 aromatic heterocycles. The van der Waals surface area contributed by atoms with Crippen molar-refractivity contribution in [1.82, 2.24) is 0 Å². The number of para-hydroxylation sites is 1. The van der Waals surface area contributed by atoms with Gasteiger partial charge in [-0.05, 0) is 36.1 Å². The Bertz CT molecular complexity index is 810. The van der Waals surface area contributed by atoms with Crippen LogP contribution in [0.15, 0.2) is 48.5 Å². The Morgan fingerprint density at radius 3 is 2.38 bits per heavy atom. The highest BCUT2D eigenvalue weighted by molar-refractivity contribution is 5.96. The summed E-state index contributed by atoms with van der Waals surface area (Å²) in [6, 6.07) is 16.0. The van der Waals surface area contributed by atoms with Crippen molar-refractivity contribution >= 4 is 11.6 Å². The molecular formula is C22H23NO. The van der Waals surface area contributed by atoms with E-state index < -0.39 is 0 Å². The Hall–Kier alpha value is -2.53. The summed E-state index contributed by atoms with van der Waals surface area (Å²) >= 11 is 0. The van der Waals surface area contributed by atoms with Crippen molar-refractivity contribution in [3.63, 3.8) is 0 Å². The highest BCUT2D eigenvalue weighted by Gasteiger charge is 2.25. The van der Waals surface area contributed by atoms with Gasteiger partial charge in [-0.15, -0.1) is 0 Å². The number of anilines is 1. The number of fused-ring (bicyclic) bond motifs is 2. The fourth-order valence-electron chi connectivity index (χ4n) is 3.26. The minimum Gasteiger partial charge on any atom is -0.306 e. The second-order valence-corrected chi connectivity index (χ2v) is 6.88. The molecule has 122 valence electrons. The van der Waals surface area contributed by atoms with Crippen LogP contribution in [0.25, 0.3) is 0 Å². The molecule has 0 aliphatic carbocycles. The van der Waals surface area contributed by atoms with Crippen LogP contribution in [-0.2, 0) is 11.3 Å². The third-order valence-electron chi connectivity index (χ3n) is 4.39. The maximum absolute atomic E-state index is 13.1. The Labute approximate surface area is 144 Å². The standard InChI is InChI=1S/C22H23NO/c1-16(2)14-17(3)22(24)23-15-20-10-5-4-8-18(20)12-13-19-9-6-7-11-21(19)23/h4-11,16-17H,14-15H2,1-3H3. The summed E-state index contributed by atoms with van der Waals surface area (Å²) in [5, 5.41) is 0. The first kappa shape index (κ1) is 16.3. The molecule has 0 radical (unpaired) electrons. The molecule has 0 spiro atoms. The topological polar surface area (TPSA) is 20.3 Å². The summed E-state index contributed by atoms with van der Waals surface area (Å²) in [5.41, 5.74) is 3.93. The number of carbonyl (C=O) groups is 1. The molecule has 1 unspecified atom stereocenters. The van der Waals surface area contributed by atoms with Crippen LogP contribution in [0.4, 0.5) is 5.69 Å². The van der Waals surface area contributed by atoms with Gasteiger partial charge in [0.1, 0.15) is 0 Å². The van der Waals surface area contributed by atoms with Gasteiger partial charge in [0.2, 0.25) is 5.91 Å². The molecule has 24 heavy (non-hydrogen) atoms. The highest BCUT2D eigenvalue weighted by Crippen LogP contribution is 2.27. The number of hydrogen-bond donors (Lipinski definition) is 0. The first-order valence-corrected chi connectivity index (χ1v) is 8.56. The van der Waals surface area contributed by atoms with Crippen molar-refractivity contribution in [2.75, 3.05) is 4.90 Å². The van der Waals surface area contributed by atoms with Crippen LogP contribution in [0, 0.1) is 23.7 Å². The lowest BCUT2D eigenvalue weighted by Gasteiger charge is -2.29. The third-order valence-corrected chi connectivity index (χ3v) is 4.39. The maximum atomic E-state index is 13.1. The van der Waals surface area contributed by atoms with E-state index >= 15 is 0 Å². The monoisotopic (exact) mass is 317 g/mol. The zero-order chi connectivity index (χ0) is 17.1. The lowest BCUT2D eigenvalue weighted by atomic mass is 9.96. The number of nitrogens with zero attached hydrogens (tertiary/aromatic N) is 1. The maximum Gasteiger partial charge on any atom is 0.230 e. The largest absolute Gasteiger partial charge is 0.306 e. The smallest absolute Gasteiger partial charge is 0.230 e. The highest BCUT2D eigenvalue weighted by atomic mass is 16.2. The van der Waals surface area contributed by atoms with Gasteiger partial charge in [0, 0.05) is 17.0 Å². The van der Waals surface area contributed by atoms with Crippen molar-refractivity contribution in [2.24, 2.45) is 11.8 Å². The van der Waals surface area contributed by atoms with E-state index in [9.17, 15) is 4.79 Å². The van der Waals surface area contributed by atoms with Crippen LogP contribution in [0.3, 0.4) is 0 Å². The van der Waals surface area contributed by atoms with E-state index in [4.69, 9.17) is 0 Å². The van der Waals surface area contributed by atoms with Gasteiger partial charge in [0.25, 0.3) is 0 Å². The number of benzene rings is 2. The van der Waals surface area contributed by atoms with Gasteiger partial charge in [-0.2, -0.15) is 0 Å². The van der Waals surface area contributed by atoms with Crippen LogP contribution in [0.1, 0.15) is 43.9 Å². The van der Waals surface area contributed by atoms with E-state index in [0.29, 0.717) is 12.5 Å². The average Bonchev–Trinajstić information content (AvgIpc) is 2.56. The first-order valence-electron chi connectivity index (χ1n) is 8.56. The van der Waals surface area contributed by atoms with Crippen molar-refractivity contribution in [3.05, 3.63) is 65.2 Å². The number of hydrogen-bond acceptors (Lipinski definition) is 1. The first-order chi connectivity index (χ1) is 11.6. The SMILES string of the molecule is CC(C)CC(C)C(=O)N1Cc2ccccc2C#Cc2ccccc21. The molecule has 1 aliphatic rings. The van der Waals surface area contributed by atoms with Gasteiger partial charge in [0.05, 0.1) is 12.2 Å². The van der Waals surface area contributed by atoms with E-state index in [-0.39, 0.29) is 11.8 Å². The summed E-state index contributed by atoms with van der Waals surface area (Å²) in [4.78, 5) is 15.1. The summed E-state index contributed by atoms with van der Waals surface area (Å²) in [6.07, 6.45) is 0.894. The normalized spacial score (nSPS) is 13.9. The van der Waals surface area contributed by atoms with Crippen LogP contribution < -0.4 is 4.90 Å². The zero-order valence-corrected chi connectivity index (χ0v) is 14.5. The van der Waals surface area contributed by atoms with Gasteiger partial charge in [-0.25, -0.2) is 0 Å². The Morgan fingerprint density at radius 1 is 1.00 bits per heavy atom. The van der Waals surface area contributed by atoms with Gasteiger partial charge in [0.15, 0.2) is 0 Å². The summed E-state index contributed by atoms with van der Waals surface area (Å²) in [5.74, 6) is 7.17. The molecule has 1 heterocycles. The Morgan fingerprint density at radius 2 is 1.62 bits per heavy atom. The van der Waals surface area contributed by atoms with E-state index in [1.54, 1.807) is 0 Å². The number of amides is 1. The van der Waals surface area contributed by atoms with Crippen molar-refractivity contribution < 1.29 is 4.79 Å². The predicted molar refractivity (Wildman–Crippen MR) is 98.7 cm³/mol. The summed E-state index contributed by atoms with van der Waals surface area (Å²) in [7, 11) is 0. The van der Waals surface area contributed by atoms with Gasteiger partial charge in [-0.1, -0.05) is 62.9 Å². The molecule has 0 fully saturated rings. The minimum absolute atomic E-state index is 0.00222. The molecule has 0 N–H and O–H groups in total. The van der Waals surface area contributed by atoms with Crippen molar-refractivity contribution in [2.45, 2.75) is 33.7 Å². The summed E-state index contributed by atoms with van der Waals surface area (Å²) < 4.78 is 0. The lowest BCUT2D eigenvalue weighted by molar-refractivity contribution is -0.122. The van der Waals surface area contributed by atoms with Crippen molar-refractivity contribution in [1.29, 1.82) is 0 Å². The molecule has 0 saturated carbocycles. The van der Waals surface area contributed by atoms with Gasteiger partial charge >= 0.3 is 0 Å². The molecule has 2 heteroatoms. The third kappa shape index (κ3) is 3.36. The zero-order valence-electron chi connectivity index (χ0n) is 14.5. The fourth-order valence-corrected chi connectivity index (χ4v) is 3.26. The minimum atomic E-state index is -0.00222. The second kappa shape index (κ2) is 6.93. The van der Waals surface area contributed by atoms with E-state index in [0.717, 1.165) is 28.8 Å². The molecule has 3 rings (SSSR count). The van der Waals surface area contributed by atoms with E-state index in [1.165, 1.54) is 0 Å². The van der Waals surface area contributed by atoms with Crippen LogP contribution in [-0.4, -0.2) is 5.91 Å². The number of rotatable bonds is 3. The Balaban J connectivity index is 2.06. The quantitative estimate of drug-likeness (QED) is 0.757. The molecular weight excluding hydrogens is 294 g/mol. The molecule has 1 atom stereocenters. The summed E-state index contributed by atoms with van der Waals surface area (Å²) in [6.45, 7) is 6.92. The second-order valence-electron chi connectivity index (χ2n) is 6.88. The van der Waals surface area contributed by atoms with Crippen molar-refractivity contribution in [3.8, 4) is 11.8 Å². The van der Waals surface area contributed by atoms with Gasteiger partial charge < -0.3 is 4.90 Å². The van der Waals surface area contributed by atoms with E-state index in [1.807, 2.05) is 54.3 Å². The lowest BCUT2D eigenvalue weighted by Crippen LogP contribution is -2.36. The average molecular weight is 317 g/mol. The molecule has 2 nitrogen and oxygen atoms in total. The molecule has 1 aliphatic heterocycles. The Kier molecular flexibility index (Phi) is 4.71. The van der Waals surface area contributed by atoms with Crippen LogP contribution in [0.2, 0.25) is 0 Å². The van der Waals surface area contributed by atoms with Gasteiger partial charge in [-0.3, -0.25) is 4.79 Å². The molecule has 1 amide bonds. The molecule has 0 saturated heterocycles.